The van der Waals surface area contributed by atoms with Crippen LogP contribution in [0.4, 0.5) is 11.4 Å². The predicted octanol–water partition coefficient (Wildman–Crippen LogP) is 3.64. The summed E-state index contributed by atoms with van der Waals surface area (Å²) in [5.41, 5.74) is 5.70. The van der Waals surface area contributed by atoms with Gasteiger partial charge in [0.25, 0.3) is 17.5 Å². The number of nitro groups is 1. The lowest BCUT2D eigenvalue weighted by molar-refractivity contribution is -0.384. The summed E-state index contributed by atoms with van der Waals surface area (Å²) in [5.74, 6) is -1.93. The number of esters is 1. The van der Waals surface area contributed by atoms with E-state index >= 15 is 0 Å². The van der Waals surface area contributed by atoms with E-state index in [9.17, 15) is 29.3 Å². The lowest BCUT2D eigenvalue weighted by atomic mass is 10.1. The molecule has 0 aromatic heterocycles. The van der Waals surface area contributed by atoms with Crippen molar-refractivity contribution in [1.29, 1.82) is 0 Å². The average Bonchev–Trinajstić information content (AvgIpc) is 2.91. The molecule has 0 aliphatic heterocycles. The van der Waals surface area contributed by atoms with E-state index in [-0.39, 0.29) is 28.5 Å². The second-order valence-corrected chi connectivity index (χ2v) is 7.49. The van der Waals surface area contributed by atoms with Crippen molar-refractivity contribution in [2.24, 2.45) is 0 Å². The van der Waals surface area contributed by atoms with Crippen LogP contribution in [-0.4, -0.2) is 28.6 Å². The van der Waals surface area contributed by atoms with Gasteiger partial charge in [-0.25, -0.2) is 4.79 Å². The first-order valence-electron chi connectivity index (χ1n) is 11.0. The molecule has 3 aromatic rings. The topological polar surface area (TPSA) is 157 Å². The minimum atomic E-state index is -0.729. The number of nitro benzene ring substituents is 1. The van der Waals surface area contributed by atoms with Crippen molar-refractivity contribution in [3.63, 3.8) is 0 Å². The van der Waals surface area contributed by atoms with Crippen molar-refractivity contribution < 1.29 is 28.8 Å². The number of carbonyl (C=O) groups excluding carboxylic acids is 4. The van der Waals surface area contributed by atoms with E-state index in [0.717, 1.165) is 6.08 Å². The third-order valence-corrected chi connectivity index (χ3v) is 4.90. The average molecular weight is 502 g/mol. The molecular weight excluding hydrogens is 480 g/mol. The number of nitrogens with one attached hydrogen (secondary N) is 3. The van der Waals surface area contributed by atoms with E-state index in [4.69, 9.17) is 4.74 Å². The maximum atomic E-state index is 12.4. The highest BCUT2D eigenvalue weighted by molar-refractivity contribution is 5.99. The molecule has 0 heterocycles. The van der Waals surface area contributed by atoms with Crippen LogP contribution in [0.2, 0.25) is 0 Å². The highest BCUT2D eigenvalue weighted by Gasteiger charge is 2.13. The monoisotopic (exact) mass is 502 g/mol. The molecular formula is C26H22N4O7. The number of para-hydroxylation sites is 1. The molecule has 0 atom stereocenters. The van der Waals surface area contributed by atoms with E-state index < -0.39 is 22.7 Å². The second-order valence-electron chi connectivity index (χ2n) is 7.49. The van der Waals surface area contributed by atoms with Crippen LogP contribution in [0.3, 0.4) is 0 Å². The maximum Gasteiger partial charge on any atom is 0.343 e. The van der Waals surface area contributed by atoms with Crippen LogP contribution in [-0.2, 0) is 9.59 Å². The molecule has 0 aliphatic carbocycles. The number of rotatable bonds is 8. The summed E-state index contributed by atoms with van der Waals surface area (Å²) in [7, 11) is 0. The van der Waals surface area contributed by atoms with Crippen molar-refractivity contribution in [3.8, 4) is 5.75 Å². The Balaban J connectivity index is 1.57. The highest BCUT2D eigenvalue weighted by Crippen LogP contribution is 2.21. The molecule has 0 aliphatic rings. The van der Waals surface area contributed by atoms with Gasteiger partial charge in [0.1, 0.15) is 5.75 Å². The number of ether oxygens (including phenoxy) is 1. The number of non-ortho nitro benzene ring substituents is 1. The van der Waals surface area contributed by atoms with E-state index in [1.54, 1.807) is 37.3 Å². The number of nitrogens with zero attached hydrogens (tertiary/aromatic N) is 1. The van der Waals surface area contributed by atoms with Crippen LogP contribution in [0, 0.1) is 10.1 Å². The third kappa shape index (κ3) is 7.59. The zero-order valence-corrected chi connectivity index (χ0v) is 19.6. The Labute approximate surface area is 211 Å². The first kappa shape index (κ1) is 26.3. The normalized spacial score (nSPS) is 10.4. The second kappa shape index (κ2) is 12.4. The molecule has 37 heavy (non-hydrogen) atoms. The molecule has 0 bridgehead atoms. The van der Waals surface area contributed by atoms with E-state index in [2.05, 4.69) is 16.2 Å². The van der Waals surface area contributed by atoms with Gasteiger partial charge in [0, 0.05) is 41.4 Å². The Morgan fingerprint density at radius 2 is 1.54 bits per heavy atom. The molecule has 0 saturated carbocycles. The van der Waals surface area contributed by atoms with Crippen molar-refractivity contribution >= 4 is 41.1 Å². The summed E-state index contributed by atoms with van der Waals surface area (Å²) < 4.78 is 5.37. The van der Waals surface area contributed by atoms with E-state index in [1.165, 1.54) is 48.5 Å². The number of hydrogen-bond donors (Lipinski definition) is 3. The Bertz CT molecular complexity index is 1350. The predicted molar refractivity (Wildman–Crippen MR) is 135 cm³/mol. The molecule has 3 aromatic carbocycles. The molecule has 0 unspecified atom stereocenters. The van der Waals surface area contributed by atoms with Crippen LogP contribution in [0.5, 0.6) is 5.75 Å². The fourth-order valence-corrected chi connectivity index (χ4v) is 2.94. The quantitative estimate of drug-likeness (QED) is 0.140. The van der Waals surface area contributed by atoms with Gasteiger partial charge < -0.3 is 10.1 Å². The molecule has 0 spiro atoms. The Hall–Kier alpha value is -5.32. The standard InChI is InChI=1S/C26H22N4O7/c1-2-23(31)27-20-12-7-18(8-13-20)25(33)29-28-24(32)16-11-17-5-3-4-6-22(17)37-26(34)19-9-14-21(15-10-19)30(35)36/h3-16H,2H2,1H3,(H,27,31)(H,28,32)(H,29,33)/b16-11+. The van der Waals surface area contributed by atoms with Crippen molar-refractivity contribution in [1.82, 2.24) is 10.9 Å². The largest absolute Gasteiger partial charge is 0.422 e. The van der Waals surface area contributed by atoms with Gasteiger partial charge in [0.15, 0.2) is 0 Å². The highest BCUT2D eigenvalue weighted by atomic mass is 16.6. The summed E-state index contributed by atoms with van der Waals surface area (Å²) >= 11 is 0. The molecule has 3 N–H and O–H groups in total. The van der Waals surface area contributed by atoms with Gasteiger partial charge in [-0.2, -0.15) is 0 Å². The number of carbonyl (C=O) groups is 4. The van der Waals surface area contributed by atoms with Crippen LogP contribution >= 0.6 is 0 Å². The molecule has 0 fully saturated rings. The number of hydrazine groups is 1. The Kier molecular flexibility index (Phi) is 8.81. The van der Waals surface area contributed by atoms with Gasteiger partial charge in [-0.15, -0.1) is 0 Å². The lowest BCUT2D eigenvalue weighted by Gasteiger charge is -2.08. The zero-order chi connectivity index (χ0) is 26.8. The summed E-state index contributed by atoms with van der Waals surface area (Å²) in [6, 6.07) is 17.5. The summed E-state index contributed by atoms with van der Waals surface area (Å²) in [6.07, 6.45) is 2.86. The minimum Gasteiger partial charge on any atom is -0.422 e. The maximum absolute atomic E-state index is 12.4. The van der Waals surface area contributed by atoms with E-state index in [1.807, 2.05) is 0 Å². The molecule has 0 radical (unpaired) electrons. The van der Waals surface area contributed by atoms with Gasteiger partial charge >= 0.3 is 5.97 Å². The Morgan fingerprint density at radius 1 is 0.892 bits per heavy atom. The molecule has 3 amide bonds. The molecule has 11 heteroatoms. The fraction of sp³-hybridized carbons (Fsp3) is 0.0769. The zero-order valence-electron chi connectivity index (χ0n) is 19.6. The van der Waals surface area contributed by atoms with Crippen LogP contribution < -0.4 is 20.9 Å². The van der Waals surface area contributed by atoms with Crippen molar-refractivity contribution in [2.45, 2.75) is 13.3 Å². The van der Waals surface area contributed by atoms with E-state index in [0.29, 0.717) is 17.7 Å². The number of amides is 3. The van der Waals surface area contributed by atoms with Gasteiger partial charge in [-0.05, 0) is 48.5 Å². The molecule has 0 saturated heterocycles. The first-order chi connectivity index (χ1) is 17.8. The number of anilines is 1. The number of hydrogen-bond acceptors (Lipinski definition) is 7. The first-order valence-corrected chi connectivity index (χ1v) is 11.0. The Morgan fingerprint density at radius 3 is 2.19 bits per heavy atom. The fourth-order valence-electron chi connectivity index (χ4n) is 2.94. The van der Waals surface area contributed by atoms with Crippen molar-refractivity contribution in [3.05, 3.63) is 106 Å². The van der Waals surface area contributed by atoms with Gasteiger partial charge in [0.2, 0.25) is 5.91 Å². The third-order valence-electron chi connectivity index (χ3n) is 4.90. The molecule has 11 nitrogen and oxygen atoms in total. The van der Waals surface area contributed by atoms with Crippen molar-refractivity contribution in [2.75, 3.05) is 5.32 Å². The SMILES string of the molecule is CCC(=O)Nc1ccc(C(=O)NNC(=O)/C=C/c2ccccc2OC(=O)c2ccc([N+](=O)[O-])cc2)cc1. The summed E-state index contributed by atoms with van der Waals surface area (Å²) in [5, 5.41) is 13.4. The molecule has 3 rings (SSSR count). The van der Waals surface area contributed by atoms with Crippen LogP contribution in [0.15, 0.2) is 78.9 Å². The minimum absolute atomic E-state index is 0.116. The lowest BCUT2D eigenvalue weighted by Crippen LogP contribution is -2.40. The van der Waals surface area contributed by atoms with Gasteiger partial charge in [-0.3, -0.25) is 35.3 Å². The smallest absolute Gasteiger partial charge is 0.343 e. The molecule has 188 valence electrons. The van der Waals surface area contributed by atoms with Gasteiger partial charge in [-0.1, -0.05) is 25.1 Å². The van der Waals surface area contributed by atoms with Crippen LogP contribution in [0.25, 0.3) is 6.08 Å². The van der Waals surface area contributed by atoms with Crippen LogP contribution in [0.1, 0.15) is 39.6 Å². The van der Waals surface area contributed by atoms with Gasteiger partial charge in [0.05, 0.1) is 10.5 Å². The summed E-state index contributed by atoms with van der Waals surface area (Å²) in [6.45, 7) is 1.72. The summed E-state index contributed by atoms with van der Waals surface area (Å²) in [4.78, 5) is 58.5. The number of benzene rings is 3.